The van der Waals surface area contributed by atoms with Crippen molar-refractivity contribution >= 4 is 38.9 Å². The van der Waals surface area contributed by atoms with Crippen LogP contribution in [0.5, 0.6) is 5.75 Å². The maximum Gasteiger partial charge on any atom is 0.142 e. The number of fused-ring (bicyclic) bond motifs is 1. The molecule has 104 valence electrons. The maximum atomic E-state index is 5.91. The van der Waals surface area contributed by atoms with Crippen molar-refractivity contribution in [3.05, 3.63) is 52.5 Å². The van der Waals surface area contributed by atoms with E-state index in [0.717, 1.165) is 46.7 Å². The van der Waals surface area contributed by atoms with Gasteiger partial charge in [0.25, 0.3) is 0 Å². The Morgan fingerprint density at radius 2 is 2.05 bits per heavy atom. The fourth-order valence-electron chi connectivity index (χ4n) is 2.41. The molecular formula is C16H15BrClNO. The number of benzene rings is 2. The summed E-state index contributed by atoms with van der Waals surface area (Å²) in [4.78, 5) is 2.30. The summed E-state index contributed by atoms with van der Waals surface area (Å²) in [7, 11) is 0. The Balaban J connectivity index is 2.03. The molecule has 0 saturated heterocycles. The van der Waals surface area contributed by atoms with Gasteiger partial charge in [-0.05, 0) is 36.2 Å². The average molecular weight is 353 g/mol. The Morgan fingerprint density at radius 3 is 2.85 bits per heavy atom. The highest BCUT2D eigenvalue weighted by Gasteiger charge is 2.17. The smallest absolute Gasteiger partial charge is 0.142 e. The summed E-state index contributed by atoms with van der Waals surface area (Å²) in [6.07, 6.45) is 1.00. The summed E-state index contributed by atoms with van der Waals surface area (Å²) in [5.74, 6) is 1.46. The van der Waals surface area contributed by atoms with E-state index < -0.39 is 0 Å². The first-order valence-corrected chi connectivity index (χ1v) is 7.96. The van der Waals surface area contributed by atoms with E-state index in [-0.39, 0.29) is 0 Å². The molecule has 1 aliphatic heterocycles. The summed E-state index contributed by atoms with van der Waals surface area (Å²) in [5, 5.41) is 0. The predicted molar refractivity (Wildman–Crippen MR) is 87.3 cm³/mol. The molecule has 0 aromatic heterocycles. The zero-order valence-electron chi connectivity index (χ0n) is 11.0. The van der Waals surface area contributed by atoms with Gasteiger partial charge in [-0.2, -0.15) is 0 Å². The van der Waals surface area contributed by atoms with Crippen LogP contribution in [0.3, 0.4) is 0 Å². The monoisotopic (exact) mass is 351 g/mol. The van der Waals surface area contributed by atoms with Crippen molar-refractivity contribution in [3.63, 3.8) is 0 Å². The van der Waals surface area contributed by atoms with Crippen LogP contribution in [0.1, 0.15) is 12.0 Å². The molecule has 2 aromatic rings. The van der Waals surface area contributed by atoms with Gasteiger partial charge in [-0.25, -0.2) is 0 Å². The Labute approximate surface area is 132 Å². The van der Waals surface area contributed by atoms with Crippen molar-refractivity contribution in [1.82, 2.24) is 0 Å². The normalized spacial score (nSPS) is 14.4. The molecule has 0 radical (unpaired) electrons. The van der Waals surface area contributed by atoms with Crippen LogP contribution in [0.15, 0.2) is 46.9 Å². The fourth-order valence-corrected chi connectivity index (χ4v) is 3.31. The molecule has 4 heteroatoms. The van der Waals surface area contributed by atoms with Gasteiger partial charge in [-0.3, -0.25) is 0 Å². The van der Waals surface area contributed by atoms with Gasteiger partial charge in [0.1, 0.15) is 5.75 Å². The molecule has 0 aliphatic carbocycles. The molecule has 2 aromatic carbocycles. The van der Waals surface area contributed by atoms with E-state index in [4.69, 9.17) is 16.3 Å². The lowest BCUT2D eigenvalue weighted by Crippen LogP contribution is -2.17. The molecule has 20 heavy (non-hydrogen) atoms. The number of halogens is 2. The van der Waals surface area contributed by atoms with Gasteiger partial charge in [0.15, 0.2) is 0 Å². The number of ether oxygens (including phenoxy) is 1. The Bertz CT molecular complexity index is 617. The summed E-state index contributed by atoms with van der Waals surface area (Å²) in [6, 6.07) is 14.5. The minimum Gasteiger partial charge on any atom is -0.491 e. The first-order valence-electron chi connectivity index (χ1n) is 6.63. The minimum absolute atomic E-state index is 0.514. The second-order valence-corrected chi connectivity index (χ2v) is 5.85. The van der Waals surface area contributed by atoms with Gasteiger partial charge in [0.05, 0.1) is 12.3 Å². The quantitative estimate of drug-likeness (QED) is 0.697. The molecule has 0 spiro atoms. The third-order valence-corrected chi connectivity index (χ3v) is 4.46. The molecule has 1 aliphatic rings. The highest BCUT2D eigenvalue weighted by atomic mass is 79.9. The van der Waals surface area contributed by atoms with Gasteiger partial charge in [-0.15, -0.1) is 11.6 Å². The lowest BCUT2D eigenvalue weighted by atomic mass is 10.2. The fraction of sp³-hybridized carbons (Fsp3) is 0.250. The summed E-state index contributed by atoms with van der Waals surface area (Å²) < 4.78 is 6.85. The van der Waals surface area contributed by atoms with Gasteiger partial charge in [0, 0.05) is 22.6 Å². The van der Waals surface area contributed by atoms with E-state index in [0.29, 0.717) is 5.88 Å². The molecule has 0 fully saturated rings. The summed E-state index contributed by atoms with van der Waals surface area (Å²) >= 11 is 9.50. The van der Waals surface area contributed by atoms with Crippen molar-refractivity contribution in [3.8, 4) is 5.75 Å². The molecule has 1 heterocycles. The number of hydrogen-bond acceptors (Lipinski definition) is 2. The Hall–Kier alpha value is -1.19. The largest absolute Gasteiger partial charge is 0.491 e. The van der Waals surface area contributed by atoms with E-state index in [1.807, 2.05) is 18.2 Å². The van der Waals surface area contributed by atoms with Crippen LogP contribution in [-0.4, -0.2) is 13.2 Å². The summed E-state index contributed by atoms with van der Waals surface area (Å²) in [5.41, 5.74) is 3.38. The summed E-state index contributed by atoms with van der Waals surface area (Å²) in [6.45, 7) is 1.71. The second-order valence-electron chi connectivity index (χ2n) is 4.73. The predicted octanol–water partition coefficient (Wildman–Crippen LogP) is 5.11. The van der Waals surface area contributed by atoms with Gasteiger partial charge in [0.2, 0.25) is 0 Å². The number of hydrogen-bond donors (Lipinski definition) is 0. The van der Waals surface area contributed by atoms with Crippen LogP contribution in [-0.2, 0) is 5.88 Å². The molecule has 2 nitrogen and oxygen atoms in total. The van der Waals surface area contributed by atoms with Crippen LogP contribution >= 0.6 is 27.5 Å². The van der Waals surface area contributed by atoms with E-state index in [2.05, 4.69) is 45.1 Å². The lowest BCUT2D eigenvalue weighted by molar-refractivity contribution is 0.322. The van der Waals surface area contributed by atoms with E-state index in [9.17, 15) is 0 Å². The van der Waals surface area contributed by atoms with Crippen LogP contribution < -0.4 is 9.64 Å². The molecular weight excluding hydrogens is 338 g/mol. The zero-order chi connectivity index (χ0) is 13.9. The molecule has 0 atom stereocenters. The van der Waals surface area contributed by atoms with Crippen molar-refractivity contribution in [1.29, 1.82) is 0 Å². The Morgan fingerprint density at radius 1 is 1.20 bits per heavy atom. The highest BCUT2D eigenvalue weighted by molar-refractivity contribution is 9.10. The molecule has 0 saturated carbocycles. The van der Waals surface area contributed by atoms with Crippen molar-refractivity contribution in [2.24, 2.45) is 0 Å². The number of alkyl halides is 1. The van der Waals surface area contributed by atoms with Crippen LogP contribution in [0.25, 0.3) is 0 Å². The zero-order valence-corrected chi connectivity index (χ0v) is 13.3. The molecule has 0 bridgehead atoms. The molecule has 0 N–H and O–H groups in total. The third-order valence-electron chi connectivity index (χ3n) is 3.43. The third kappa shape index (κ3) is 2.65. The SMILES string of the molecule is ClCc1ccc(N2CCCOc3ccccc32)cc1Br. The van der Waals surface area contributed by atoms with Crippen LogP contribution in [0.2, 0.25) is 0 Å². The number of rotatable bonds is 2. The first-order chi connectivity index (χ1) is 9.79. The number of nitrogens with zero attached hydrogens (tertiary/aromatic N) is 1. The lowest BCUT2D eigenvalue weighted by Gasteiger charge is -2.24. The van der Waals surface area contributed by atoms with E-state index in [1.54, 1.807) is 0 Å². The van der Waals surface area contributed by atoms with E-state index >= 15 is 0 Å². The first kappa shape index (κ1) is 13.8. The van der Waals surface area contributed by atoms with Crippen molar-refractivity contribution < 1.29 is 4.74 Å². The molecule has 3 rings (SSSR count). The topological polar surface area (TPSA) is 12.5 Å². The standard InChI is InChI=1S/C16H15BrClNO/c17-14-10-13(7-6-12(14)11-18)19-8-3-9-20-16-5-2-1-4-15(16)19/h1-2,4-7,10H,3,8-9,11H2. The number of para-hydroxylation sites is 2. The maximum absolute atomic E-state index is 5.91. The van der Waals surface area contributed by atoms with Gasteiger partial charge < -0.3 is 9.64 Å². The van der Waals surface area contributed by atoms with Gasteiger partial charge in [-0.1, -0.05) is 34.1 Å². The van der Waals surface area contributed by atoms with Crippen LogP contribution in [0, 0.1) is 0 Å². The highest BCUT2D eigenvalue weighted by Crippen LogP contribution is 2.37. The van der Waals surface area contributed by atoms with Crippen LogP contribution in [0.4, 0.5) is 11.4 Å². The average Bonchev–Trinajstić information content (AvgIpc) is 2.69. The Kier molecular flexibility index (Phi) is 4.18. The second kappa shape index (κ2) is 6.06. The van der Waals surface area contributed by atoms with E-state index in [1.165, 1.54) is 0 Å². The minimum atomic E-state index is 0.514. The number of anilines is 2. The van der Waals surface area contributed by atoms with Gasteiger partial charge >= 0.3 is 0 Å². The van der Waals surface area contributed by atoms with Crippen molar-refractivity contribution in [2.45, 2.75) is 12.3 Å². The molecule has 0 unspecified atom stereocenters. The van der Waals surface area contributed by atoms with Crippen molar-refractivity contribution in [2.75, 3.05) is 18.1 Å². The molecule has 0 amide bonds.